The molecule has 15 heavy (non-hydrogen) atoms. The topological polar surface area (TPSA) is 0 Å². The first-order valence-electron chi connectivity index (χ1n) is 7.10. The predicted octanol–water partition coefficient (Wildman–Crippen LogP) is 5.81. The second kappa shape index (κ2) is 8.19. The largest absolute Gasteiger partial charge is 0.0654 e. The Morgan fingerprint density at radius 3 is 2.00 bits per heavy atom. The molecule has 0 rings (SSSR count). The van der Waals surface area contributed by atoms with Gasteiger partial charge in [0.2, 0.25) is 0 Å². The minimum absolute atomic E-state index is 0.598. The van der Waals surface area contributed by atoms with Crippen LogP contribution in [-0.2, 0) is 0 Å². The Hall–Kier alpha value is 0. The molecule has 0 spiro atoms. The molecule has 0 aromatic carbocycles. The zero-order valence-electron chi connectivity index (χ0n) is 11.7. The summed E-state index contributed by atoms with van der Waals surface area (Å²) in [5.41, 5.74) is 0.598. The number of unbranched alkanes of at least 4 members (excludes halogenated alkanes) is 4. The Kier molecular flexibility index (Phi) is 8.19. The van der Waals surface area contributed by atoms with Crippen LogP contribution >= 0.6 is 0 Å². The molecule has 2 atom stereocenters. The third kappa shape index (κ3) is 5.58. The second-order valence-electron chi connectivity index (χ2n) is 5.48. The fourth-order valence-corrected chi connectivity index (χ4v) is 2.40. The molecular formula is C15H32. The average Bonchev–Trinajstić information content (AvgIpc) is 2.27. The van der Waals surface area contributed by atoms with Crippen LogP contribution in [0.1, 0.15) is 86.0 Å². The number of hydrogen-bond acceptors (Lipinski definition) is 0. The van der Waals surface area contributed by atoms with Gasteiger partial charge in [0.25, 0.3) is 0 Å². The Balaban J connectivity index is 3.78. The zero-order valence-corrected chi connectivity index (χ0v) is 11.7. The highest BCUT2D eigenvalue weighted by Crippen LogP contribution is 2.38. The fourth-order valence-electron chi connectivity index (χ4n) is 2.40. The molecule has 0 saturated carbocycles. The van der Waals surface area contributed by atoms with Crippen LogP contribution in [0.5, 0.6) is 0 Å². The summed E-state index contributed by atoms with van der Waals surface area (Å²) in [6.07, 6.45) is 11.2. The van der Waals surface area contributed by atoms with Crippen molar-refractivity contribution in [3.05, 3.63) is 0 Å². The Morgan fingerprint density at radius 1 is 0.933 bits per heavy atom. The van der Waals surface area contributed by atoms with Gasteiger partial charge in [-0.05, 0) is 17.8 Å². The van der Waals surface area contributed by atoms with Gasteiger partial charge >= 0.3 is 0 Å². The van der Waals surface area contributed by atoms with Crippen molar-refractivity contribution in [2.24, 2.45) is 11.3 Å². The van der Waals surface area contributed by atoms with Crippen LogP contribution in [0.15, 0.2) is 0 Å². The molecular weight excluding hydrogens is 180 g/mol. The van der Waals surface area contributed by atoms with Gasteiger partial charge < -0.3 is 0 Å². The van der Waals surface area contributed by atoms with E-state index in [4.69, 9.17) is 0 Å². The molecule has 0 heteroatoms. The quantitative estimate of drug-likeness (QED) is 0.423. The molecule has 0 bridgehead atoms. The van der Waals surface area contributed by atoms with Gasteiger partial charge in [-0.15, -0.1) is 0 Å². The lowest BCUT2D eigenvalue weighted by Gasteiger charge is -2.34. The maximum Gasteiger partial charge on any atom is -0.0303 e. The van der Waals surface area contributed by atoms with Crippen LogP contribution in [0.2, 0.25) is 0 Å². The van der Waals surface area contributed by atoms with E-state index >= 15 is 0 Å². The Morgan fingerprint density at radius 2 is 1.53 bits per heavy atom. The van der Waals surface area contributed by atoms with Gasteiger partial charge in [-0.3, -0.25) is 0 Å². The molecule has 0 radical (unpaired) electrons. The van der Waals surface area contributed by atoms with E-state index in [9.17, 15) is 0 Å². The molecule has 0 nitrogen and oxygen atoms in total. The summed E-state index contributed by atoms with van der Waals surface area (Å²) in [6.45, 7) is 11.9. The summed E-state index contributed by atoms with van der Waals surface area (Å²) in [6, 6.07) is 0. The molecule has 0 heterocycles. The van der Waals surface area contributed by atoms with E-state index in [1.54, 1.807) is 0 Å². The molecule has 92 valence electrons. The minimum Gasteiger partial charge on any atom is -0.0654 e. The van der Waals surface area contributed by atoms with E-state index in [0.29, 0.717) is 5.41 Å². The third-order valence-electron chi connectivity index (χ3n) is 4.46. The third-order valence-corrected chi connectivity index (χ3v) is 4.46. The summed E-state index contributed by atoms with van der Waals surface area (Å²) < 4.78 is 0. The van der Waals surface area contributed by atoms with E-state index in [-0.39, 0.29) is 0 Å². The van der Waals surface area contributed by atoms with Gasteiger partial charge in [0.05, 0.1) is 0 Å². The monoisotopic (exact) mass is 212 g/mol. The van der Waals surface area contributed by atoms with Crippen LogP contribution in [-0.4, -0.2) is 0 Å². The Bertz CT molecular complexity index is 139. The van der Waals surface area contributed by atoms with E-state index in [2.05, 4.69) is 34.6 Å². The highest BCUT2D eigenvalue weighted by atomic mass is 14.3. The molecule has 0 saturated heterocycles. The summed E-state index contributed by atoms with van der Waals surface area (Å²) in [4.78, 5) is 0. The van der Waals surface area contributed by atoms with E-state index < -0.39 is 0 Å². The first-order valence-corrected chi connectivity index (χ1v) is 7.10. The summed E-state index contributed by atoms with van der Waals surface area (Å²) in [5, 5.41) is 0. The normalized spacial score (nSPS) is 17.4. The lowest BCUT2D eigenvalue weighted by molar-refractivity contribution is 0.164. The van der Waals surface area contributed by atoms with Crippen molar-refractivity contribution in [3.63, 3.8) is 0 Å². The highest BCUT2D eigenvalue weighted by Gasteiger charge is 2.27. The molecule has 0 aliphatic rings. The van der Waals surface area contributed by atoms with Crippen molar-refractivity contribution in [2.75, 3.05) is 0 Å². The first kappa shape index (κ1) is 15.0. The maximum atomic E-state index is 2.49. The van der Waals surface area contributed by atoms with Crippen molar-refractivity contribution in [1.29, 1.82) is 0 Å². The van der Waals surface area contributed by atoms with Crippen molar-refractivity contribution >= 4 is 0 Å². The molecule has 0 aliphatic carbocycles. The Labute approximate surface area is 97.8 Å². The van der Waals surface area contributed by atoms with Crippen LogP contribution in [0.3, 0.4) is 0 Å². The van der Waals surface area contributed by atoms with E-state index in [1.807, 2.05) is 0 Å². The van der Waals surface area contributed by atoms with Gasteiger partial charge in [-0.25, -0.2) is 0 Å². The van der Waals surface area contributed by atoms with Gasteiger partial charge in [0.15, 0.2) is 0 Å². The zero-order chi connectivity index (χ0) is 11.7. The standard InChI is InChI=1S/C15H32/c1-6-9-10-11-12-13-15(5,8-3)14(4)7-2/h14H,6-13H2,1-5H3. The number of hydrogen-bond donors (Lipinski definition) is 0. The van der Waals surface area contributed by atoms with Crippen molar-refractivity contribution in [2.45, 2.75) is 86.0 Å². The molecule has 0 aliphatic heterocycles. The number of rotatable bonds is 9. The highest BCUT2D eigenvalue weighted by molar-refractivity contribution is 4.77. The summed E-state index contributed by atoms with van der Waals surface area (Å²) in [5.74, 6) is 0.883. The molecule has 0 aromatic rings. The van der Waals surface area contributed by atoms with Crippen LogP contribution < -0.4 is 0 Å². The smallest absolute Gasteiger partial charge is 0.0303 e. The average molecular weight is 212 g/mol. The SMILES string of the molecule is CCCCCCCC(C)(CC)C(C)CC. The first-order chi connectivity index (χ1) is 7.10. The van der Waals surface area contributed by atoms with Gasteiger partial charge in [0, 0.05) is 0 Å². The van der Waals surface area contributed by atoms with Gasteiger partial charge in [-0.1, -0.05) is 79.6 Å². The van der Waals surface area contributed by atoms with E-state index in [0.717, 1.165) is 5.92 Å². The fraction of sp³-hybridized carbons (Fsp3) is 1.00. The van der Waals surface area contributed by atoms with Gasteiger partial charge in [-0.2, -0.15) is 0 Å². The summed E-state index contributed by atoms with van der Waals surface area (Å²) in [7, 11) is 0. The molecule has 2 unspecified atom stereocenters. The van der Waals surface area contributed by atoms with Crippen molar-refractivity contribution < 1.29 is 0 Å². The van der Waals surface area contributed by atoms with Crippen LogP contribution in [0.4, 0.5) is 0 Å². The molecule has 0 amide bonds. The predicted molar refractivity (Wildman–Crippen MR) is 71.2 cm³/mol. The van der Waals surface area contributed by atoms with Crippen molar-refractivity contribution in [3.8, 4) is 0 Å². The van der Waals surface area contributed by atoms with Crippen molar-refractivity contribution in [1.82, 2.24) is 0 Å². The summed E-state index contributed by atoms with van der Waals surface area (Å²) >= 11 is 0. The molecule has 0 aromatic heterocycles. The second-order valence-corrected chi connectivity index (χ2v) is 5.48. The van der Waals surface area contributed by atoms with Gasteiger partial charge in [0.1, 0.15) is 0 Å². The lowest BCUT2D eigenvalue weighted by atomic mass is 9.71. The van der Waals surface area contributed by atoms with Crippen LogP contribution in [0, 0.1) is 11.3 Å². The lowest BCUT2D eigenvalue weighted by Crippen LogP contribution is -2.24. The minimum atomic E-state index is 0.598. The van der Waals surface area contributed by atoms with Crippen LogP contribution in [0.25, 0.3) is 0 Å². The molecule has 0 N–H and O–H groups in total. The molecule has 0 fully saturated rings. The maximum absolute atomic E-state index is 2.49. The van der Waals surface area contributed by atoms with E-state index in [1.165, 1.54) is 51.4 Å².